The first kappa shape index (κ1) is 14.2. The average molecular weight is 323 g/mol. The molecule has 3 heterocycles. The van der Waals surface area contributed by atoms with Crippen LogP contribution >= 0.6 is 11.3 Å². The highest BCUT2D eigenvalue weighted by atomic mass is 32.1. The molecule has 1 aliphatic heterocycles. The summed E-state index contributed by atoms with van der Waals surface area (Å²) < 4.78 is 1.80. The molecule has 1 saturated heterocycles. The highest BCUT2D eigenvalue weighted by Crippen LogP contribution is 2.29. The Bertz CT molecular complexity index is 802. The lowest BCUT2D eigenvalue weighted by Crippen LogP contribution is -2.27. The molecule has 0 radical (unpaired) electrons. The normalized spacial score (nSPS) is 14.3. The minimum atomic E-state index is 0.0908. The van der Waals surface area contributed by atoms with Crippen molar-refractivity contribution in [1.82, 2.24) is 14.7 Å². The van der Waals surface area contributed by atoms with Crippen LogP contribution in [0.3, 0.4) is 0 Å². The maximum Gasteiger partial charge on any atom is 0.257 e. The largest absolute Gasteiger partial charge is 0.339 e. The van der Waals surface area contributed by atoms with Gasteiger partial charge in [-0.05, 0) is 36.4 Å². The van der Waals surface area contributed by atoms with Gasteiger partial charge in [0.1, 0.15) is 5.69 Å². The van der Waals surface area contributed by atoms with Gasteiger partial charge < -0.3 is 4.90 Å². The molecule has 5 heteroatoms. The van der Waals surface area contributed by atoms with Crippen LogP contribution in [0.25, 0.3) is 16.3 Å². The first-order valence-electron chi connectivity index (χ1n) is 7.81. The summed E-state index contributed by atoms with van der Waals surface area (Å²) in [5.74, 6) is 0.0908. The standard InChI is InChI=1S/C18H17N3OS/c22-18(20-10-4-5-11-20)15-13-21(14-7-2-1-3-8-14)19-17(15)16-9-6-12-23-16/h1-3,6-9,12-13H,4-5,10-11H2. The van der Waals surface area contributed by atoms with Crippen LogP contribution in [0.15, 0.2) is 54.0 Å². The summed E-state index contributed by atoms with van der Waals surface area (Å²) in [5.41, 5.74) is 2.43. The van der Waals surface area contributed by atoms with Crippen molar-refractivity contribution in [3.8, 4) is 16.3 Å². The monoisotopic (exact) mass is 323 g/mol. The molecule has 23 heavy (non-hydrogen) atoms. The van der Waals surface area contributed by atoms with E-state index in [4.69, 9.17) is 5.10 Å². The van der Waals surface area contributed by atoms with Gasteiger partial charge in [0.15, 0.2) is 0 Å². The van der Waals surface area contributed by atoms with Crippen LogP contribution in [0.2, 0.25) is 0 Å². The van der Waals surface area contributed by atoms with Crippen molar-refractivity contribution in [2.45, 2.75) is 12.8 Å². The average Bonchev–Trinajstić information content (AvgIpc) is 3.35. The molecule has 2 aromatic heterocycles. The third-order valence-electron chi connectivity index (χ3n) is 4.11. The van der Waals surface area contributed by atoms with E-state index in [2.05, 4.69) is 0 Å². The highest BCUT2D eigenvalue weighted by molar-refractivity contribution is 7.13. The molecule has 0 unspecified atom stereocenters. The van der Waals surface area contributed by atoms with Crippen molar-refractivity contribution in [3.05, 3.63) is 59.6 Å². The summed E-state index contributed by atoms with van der Waals surface area (Å²) in [6.45, 7) is 1.69. The molecule has 0 bridgehead atoms. The molecule has 0 spiro atoms. The Labute approximate surface area is 139 Å². The van der Waals surface area contributed by atoms with E-state index < -0.39 is 0 Å². The van der Waals surface area contributed by atoms with E-state index in [-0.39, 0.29) is 5.91 Å². The molecule has 1 fully saturated rings. The molecule has 0 saturated carbocycles. The summed E-state index contributed by atoms with van der Waals surface area (Å²) in [4.78, 5) is 15.8. The quantitative estimate of drug-likeness (QED) is 0.734. The third kappa shape index (κ3) is 2.68. The van der Waals surface area contributed by atoms with Gasteiger partial charge in [-0.2, -0.15) is 5.10 Å². The molecule has 4 nitrogen and oxygen atoms in total. The predicted octanol–water partition coefficient (Wildman–Crippen LogP) is 3.84. The maximum absolute atomic E-state index is 12.9. The minimum Gasteiger partial charge on any atom is -0.339 e. The van der Waals surface area contributed by atoms with Gasteiger partial charge in [0.2, 0.25) is 0 Å². The second-order valence-corrected chi connectivity index (χ2v) is 6.60. The van der Waals surface area contributed by atoms with E-state index in [1.54, 1.807) is 16.0 Å². The number of amides is 1. The lowest BCUT2D eigenvalue weighted by atomic mass is 10.2. The molecular weight excluding hydrogens is 306 g/mol. The zero-order valence-corrected chi connectivity index (χ0v) is 13.5. The number of hydrogen-bond donors (Lipinski definition) is 0. The molecule has 4 rings (SSSR count). The zero-order valence-electron chi connectivity index (χ0n) is 12.7. The zero-order chi connectivity index (χ0) is 15.6. The number of rotatable bonds is 3. The number of benzene rings is 1. The van der Waals surface area contributed by atoms with Crippen molar-refractivity contribution in [3.63, 3.8) is 0 Å². The lowest BCUT2D eigenvalue weighted by molar-refractivity contribution is 0.0793. The fraction of sp³-hybridized carbons (Fsp3) is 0.222. The topological polar surface area (TPSA) is 38.1 Å². The number of carbonyl (C=O) groups is 1. The summed E-state index contributed by atoms with van der Waals surface area (Å²) in [5, 5.41) is 6.71. The van der Waals surface area contributed by atoms with Crippen LogP contribution in [0.5, 0.6) is 0 Å². The molecular formula is C18H17N3OS. The maximum atomic E-state index is 12.9. The van der Waals surface area contributed by atoms with Crippen molar-refractivity contribution in [1.29, 1.82) is 0 Å². The molecule has 0 atom stereocenters. The number of carbonyl (C=O) groups excluding carboxylic acids is 1. The first-order valence-corrected chi connectivity index (χ1v) is 8.69. The SMILES string of the molecule is O=C(c1cn(-c2ccccc2)nc1-c1cccs1)N1CCCC1. The molecule has 1 aromatic carbocycles. The Morgan fingerprint density at radius 3 is 2.52 bits per heavy atom. The predicted molar refractivity (Wildman–Crippen MR) is 92.0 cm³/mol. The van der Waals surface area contributed by atoms with E-state index >= 15 is 0 Å². The van der Waals surface area contributed by atoms with Gasteiger partial charge in [-0.25, -0.2) is 4.68 Å². The molecule has 3 aromatic rings. The van der Waals surface area contributed by atoms with Gasteiger partial charge in [0, 0.05) is 19.3 Å². The molecule has 116 valence electrons. The number of nitrogens with zero attached hydrogens (tertiary/aromatic N) is 3. The number of aromatic nitrogens is 2. The Morgan fingerprint density at radius 1 is 1.04 bits per heavy atom. The third-order valence-corrected chi connectivity index (χ3v) is 4.99. The second-order valence-electron chi connectivity index (χ2n) is 5.65. The summed E-state index contributed by atoms with van der Waals surface area (Å²) >= 11 is 1.61. The van der Waals surface area contributed by atoms with Gasteiger partial charge in [-0.1, -0.05) is 24.3 Å². The van der Waals surface area contributed by atoms with E-state index in [1.165, 1.54) is 0 Å². The van der Waals surface area contributed by atoms with E-state index in [0.717, 1.165) is 42.2 Å². The van der Waals surface area contributed by atoms with E-state index in [1.807, 2.05) is 58.9 Å². The van der Waals surface area contributed by atoms with Gasteiger partial charge in [-0.15, -0.1) is 11.3 Å². The molecule has 0 aliphatic carbocycles. The summed E-state index contributed by atoms with van der Waals surface area (Å²) in [6.07, 6.45) is 4.05. The first-order chi connectivity index (χ1) is 11.3. The van der Waals surface area contributed by atoms with Crippen LogP contribution in [-0.4, -0.2) is 33.7 Å². The number of thiophene rings is 1. The van der Waals surface area contributed by atoms with Gasteiger partial charge in [-0.3, -0.25) is 4.79 Å². The van der Waals surface area contributed by atoms with Crippen LogP contribution in [-0.2, 0) is 0 Å². The number of hydrogen-bond acceptors (Lipinski definition) is 3. The lowest BCUT2D eigenvalue weighted by Gasteiger charge is -2.14. The fourth-order valence-electron chi connectivity index (χ4n) is 2.93. The molecule has 0 N–H and O–H groups in total. The van der Waals surface area contributed by atoms with Crippen LogP contribution in [0.1, 0.15) is 23.2 Å². The van der Waals surface area contributed by atoms with Crippen molar-refractivity contribution >= 4 is 17.2 Å². The Kier molecular flexibility index (Phi) is 3.71. The minimum absolute atomic E-state index is 0.0908. The van der Waals surface area contributed by atoms with Crippen molar-refractivity contribution < 1.29 is 4.79 Å². The highest BCUT2D eigenvalue weighted by Gasteiger charge is 2.25. The van der Waals surface area contributed by atoms with E-state index in [9.17, 15) is 4.79 Å². The van der Waals surface area contributed by atoms with Gasteiger partial charge in [0.25, 0.3) is 5.91 Å². The Hall–Kier alpha value is -2.40. The van der Waals surface area contributed by atoms with Crippen molar-refractivity contribution in [2.75, 3.05) is 13.1 Å². The Balaban J connectivity index is 1.79. The smallest absolute Gasteiger partial charge is 0.257 e. The summed E-state index contributed by atoms with van der Waals surface area (Å²) in [6, 6.07) is 13.9. The van der Waals surface area contributed by atoms with E-state index in [0.29, 0.717) is 5.56 Å². The number of para-hydroxylation sites is 1. The fourth-order valence-corrected chi connectivity index (χ4v) is 3.65. The summed E-state index contributed by atoms with van der Waals surface area (Å²) in [7, 11) is 0. The molecule has 1 amide bonds. The number of likely N-dealkylation sites (tertiary alicyclic amines) is 1. The molecule has 1 aliphatic rings. The van der Waals surface area contributed by atoms with Gasteiger partial charge in [0.05, 0.1) is 16.1 Å². The van der Waals surface area contributed by atoms with Crippen LogP contribution in [0.4, 0.5) is 0 Å². The van der Waals surface area contributed by atoms with Crippen LogP contribution < -0.4 is 0 Å². The van der Waals surface area contributed by atoms with Crippen molar-refractivity contribution in [2.24, 2.45) is 0 Å². The Morgan fingerprint density at radius 2 is 1.83 bits per heavy atom. The van der Waals surface area contributed by atoms with Crippen LogP contribution in [0, 0.1) is 0 Å². The van der Waals surface area contributed by atoms with Gasteiger partial charge >= 0.3 is 0 Å². The second kappa shape index (κ2) is 6.01.